The highest BCUT2D eigenvalue weighted by Gasteiger charge is 2.22. The lowest BCUT2D eigenvalue weighted by atomic mass is 10.1. The van der Waals surface area contributed by atoms with Crippen molar-refractivity contribution in [2.75, 3.05) is 39.3 Å². The van der Waals surface area contributed by atoms with Gasteiger partial charge in [-0.2, -0.15) is 0 Å². The zero-order chi connectivity index (χ0) is 17.5. The minimum absolute atomic E-state index is 0.633. The van der Waals surface area contributed by atoms with Gasteiger partial charge in [0.25, 0.3) is 0 Å². The summed E-state index contributed by atoms with van der Waals surface area (Å²) in [5.74, 6) is 0.947. The summed E-state index contributed by atoms with van der Waals surface area (Å²) in [5.41, 5.74) is 2.67. The Balaban J connectivity index is 1.48. The molecule has 0 aromatic heterocycles. The molecule has 0 radical (unpaired) electrons. The minimum atomic E-state index is 0.633. The molecule has 5 nitrogen and oxygen atoms in total. The number of rotatable bonds is 7. The van der Waals surface area contributed by atoms with Crippen LogP contribution in [0.15, 0.2) is 29.3 Å². The normalized spacial score (nSPS) is 19.8. The number of aliphatic imine (C=N–C) groups is 1. The highest BCUT2D eigenvalue weighted by Crippen LogP contribution is 2.18. The van der Waals surface area contributed by atoms with Gasteiger partial charge in [0.2, 0.25) is 0 Å². The first-order valence-electron chi connectivity index (χ1n) is 9.84. The Kier molecular flexibility index (Phi) is 6.70. The van der Waals surface area contributed by atoms with Crippen molar-refractivity contribution in [1.82, 2.24) is 20.4 Å². The summed E-state index contributed by atoms with van der Waals surface area (Å²) in [6.07, 6.45) is 2.54. The molecule has 0 spiro atoms. The lowest BCUT2D eigenvalue weighted by Gasteiger charge is -2.34. The molecule has 0 atom stereocenters. The first-order valence-corrected chi connectivity index (χ1v) is 9.84. The van der Waals surface area contributed by atoms with Crippen LogP contribution < -0.4 is 10.6 Å². The Morgan fingerprint density at radius 2 is 1.64 bits per heavy atom. The number of hydrogen-bond acceptors (Lipinski definition) is 3. The number of hydrogen-bond donors (Lipinski definition) is 2. The van der Waals surface area contributed by atoms with Gasteiger partial charge in [0.15, 0.2) is 5.96 Å². The maximum Gasteiger partial charge on any atom is 0.191 e. The van der Waals surface area contributed by atoms with Gasteiger partial charge in [-0.05, 0) is 37.4 Å². The van der Waals surface area contributed by atoms with Crippen molar-refractivity contribution in [2.24, 2.45) is 4.99 Å². The Morgan fingerprint density at radius 1 is 1.00 bits per heavy atom. The van der Waals surface area contributed by atoms with Gasteiger partial charge in [0, 0.05) is 45.3 Å². The molecule has 25 heavy (non-hydrogen) atoms. The fourth-order valence-electron chi connectivity index (χ4n) is 3.18. The van der Waals surface area contributed by atoms with Crippen molar-refractivity contribution in [2.45, 2.75) is 45.8 Å². The smallest absolute Gasteiger partial charge is 0.191 e. The van der Waals surface area contributed by atoms with Gasteiger partial charge in [0.05, 0.1) is 6.54 Å². The van der Waals surface area contributed by atoms with Crippen molar-refractivity contribution < 1.29 is 0 Å². The van der Waals surface area contributed by atoms with E-state index in [0.717, 1.165) is 25.6 Å². The number of nitrogens with zero attached hydrogens (tertiary/aromatic N) is 3. The third kappa shape index (κ3) is 6.01. The summed E-state index contributed by atoms with van der Waals surface area (Å²) in [4.78, 5) is 9.79. The average Bonchev–Trinajstić information content (AvgIpc) is 3.46. The van der Waals surface area contributed by atoms with Crippen molar-refractivity contribution in [3.8, 4) is 0 Å². The van der Waals surface area contributed by atoms with E-state index in [1.54, 1.807) is 0 Å². The predicted octanol–water partition coefficient (Wildman–Crippen LogP) is 2.04. The predicted molar refractivity (Wildman–Crippen MR) is 105 cm³/mol. The van der Waals surface area contributed by atoms with Crippen LogP contribution in [0.1, 0.15) is 37.8 Å². The molecule has 138 valence electrons. The molecule has 1 saturated carbocycles. The number of likely N-dealkylation sites (N-methyl/N-ethyl adjacent to an activating group) is 1. The van der Waals surface area contributed by atoms with E-state index in [9.17, 15) is 0 Å². The molecule has 0 unspecified atom stereocenters. The second-order valence-corrected chi connectivity index (χ2v) is 7.14. The Labute approximate surface area is 152 Å². The number of piperazine rings is 1. The summed E-state index contributed by atoms with van der Waals surface area (Å²) in [6.45, 7) is 13.0. The minimum Gasteiger partial charge on any atom is -0.357 e. The van der Waals surface area contributed by atoms with Crippen LogP contribution in [-0.4, -0.2) is 61.1 Å². The SMILES string of the molecule is CCNC(=NCc1ccc(CN2CCN(CC)CC2)cc1)NC1CC1. The molecule has 0 bridgehead atoms. The molecule has 1 aromatic rings. The second-order valence-electron chi connectivity index (χ2n) is 7.14. The van der Waals surface area contributed by atoms with Crippen molar-refractivity contribution >= 4 is 5.96 Å². The fraction of sp³-hybridized carbons (Fsp3) is 0.650. The summed E-state index contributed by atoms with van der Waals surface area (Å²) in [5, 5.41) is 6.79. The van der Waals surface area contributed by atoms with Crippen LogP contribution in [0.4, 0.5) is 0 Å². The second kappa shape index (κ2) is 9.20. The van der Waals surface area contributed by atoms with E-state index in [4.69, 9.17) is 4.99 Å². The van der Waals surface area contributed by atoms with Crippen molar-refractivity contribution in [3.05, 3.63) is 35.4 Å². The molecule has 1 saturated heterocycles. The van der Waals surface area contributed by atoms with Crippen LogP contribution in [-0.2, 0) is 13.1 Å². The largest absolute Gasteiger partial charge is 0.357 e. The van der Waals surface area contributed by atoms with Gasteiger partial charge in [-0.25, -0.2) is 4.99 Å². The molecule has 2 aliphatic rings. The summed E-state index contributed by atoms with van der Waals surface area (Å²) >= 11 is 0. The van der Waals surface area contributed by atoms with E-state index in [0.29, 0.717) is 6.04 Å². The van der Waals surface area contributed by atoms with Gasteiger partial charge in [-0.3, -0.25) is 4.90 Å². The summed E-state index contributed by atoms with van der Waals surface area (Å²) in [6, 6.07) is 9.61. The maximum absolute atomic E-state index is 4.71. The van der Waals surface area contributed by atoms with Crippen LogP contribution in [0.2, 0.25) is 0 Å². The number of nitrogens with one attached hydrogen (secondary N) is 2. The van der Waals surface area contributed by atoms with E-state index < -0.39 is 0 Å². The van der Waals surface area contributed by atoms with Crippen LogP contribution in [0.3, 0.4) is 0 Å². The molecule has 1 aliphatic heterocycles. The number of guanidine groups is 1. The molecule has 1 aromatic carbocycles. The Bertz CT molecular complexity index is 542. The highest BCUT2D eigenvalue weighted by atomic mass is 15.3. The lowest BCUT2D eigenvalue weighted by Crippen LogP contribution is -2.45. The van der Waals surface area contributed by atoms with Gasteiger partial charge in [0.1, 0.15) is 0 Å². The summed E-state index contributed by atoms with van der Waals surface area (Å²) < 4.78 is 0. The summed E-state index contributed by atoms with van der Waals surface area (Å²) in [7, 11) is 0. The zero-order valence-corrected chi connectivity index (χ0v) is 15.8. The molecule has 1 heterocycles. The van der Waals surface area contributed by atoms with Gasteiger partial charge < -0.3 is 15.5 Å². The quantitative estimate of drug-likeness (QED) is 0.587. The first kappa shape index (κ1) is 18.2. The van der Waals surface area contributed by atoms with E-state index in [1.807, 2.05) is 0 Å². The van der Waals surface area contributed by atoms with Crippen LogP contribution in [0.25, 0.3) is 0 Å². The van der Waals surface area contributed by atoms with E-state index in [2.05, 4.69) is 58.5 Å². The molecule has 1 aliphatic carbocycles. The molecule has 5 heteroatoms. The van der Waals surface area contributed by atoms with E-state index >= 15 is 0 Å². The third-order valence-electron chi connectivity index (χ3n) is 5.02. The molecule has 2 fully saturated rings. The molecule has 2 N–H and O–H groups in total. The highest BCUT2D eigenvalue weighted by molar-refractivity contribution is 5.80. The van der Waals surface area contributed by atoms with E-state index in [-0.39, 0.29) is 0 Å². The van der Waals surface area contributed by atoms with Crippen LogP contribution >= 0.6 is 0 Å². The average molecular weight is 344 g/mol. The third-order valence-corrected chi connectivity index (χ3v) is 5.02. The topological polar surface area (TPSA) is 42.9 Å². The zero-order valence-electron chi connectivity index (χ0n) is 15.8. The maximum atomic E-state index is 4.71. The van der Waals surface area contributed by atoms with E-state index in [1.165, 1.54) is 56.7 Å². The van der Waals surface area contributed by atoms with Crippen LogP contribution in [0, 0.1) is 0 Å². The van der Waals surface area contributed by atoms with Crippen LogP contribution in [0.5, 0.6) is 0 Å². The molecule has 0 amide bonds. The monoisotopic (exact) mass is 343 g/mol. The fourth-order valence-corrected chi connectivity index (χ4v) is 3.18. The standard InChI is InChI=1S/C20H33N5/c1-3-21-20(23-19-9-10-19)22-15-17-5-7-18(8-6-17)16-25-13-11-24(4-2)12-14-25/h5-8,19H,3-4,9-16H2,1-2H3,(H2,21,22,23). The van der Waals surface area contributed by atoms with Gasteiger partial charge in [-0.15, -0.1) is 0 Å². The molecule has 3 rings (SSSR count). The Morgan fingerprint density at radius 3 is 2.24 bits per heavy atom. The molecular formula is C20H33N5. The van der Waals surface area contributed by atoms with Gasteiger partial charge >= 0.3 is 0 Å². The molecular weight excluding hydrogens is 310 g/mol. The lowest BCUT2D eigenvalue weighted by molar-refractivity contribution is 0.132. The van der Waals surface area contributed by atoms with Crippen molar-refractivity contribution in [3.63, 3.8) is 0 Å². The first-order chi connectivity index (χ1) is 12.3. The number of benzene rings is 1. The Hall–Kier alpha value is -1.59. The van der Waals surface area contributed by atoms with Gasteiger partial charge in [-0.1, -0.05) is 31.2 Å². The van der Waals surface area contributed by atoms with Crippen molar-refractivity contribution in [1.29, 1.82) is 0 Å².